The van der Waals surface area contributed by atoms with E-state index in [1.165, 1.54) is 29.0 Å². The zero-order chi connectivity index (χ0) is 19.1. The molecule has 6 heteroatoms. The van der Waals surface area contributed by atoms with Gasteiger partial charge in [-0.1, -0.05) is 36.6 Å². The normalized spacial score (nSPS) is 21.7. The molecule has 1 atom stereocenters. The van der Waals surface area contributed by atoms with Crippen LogP contribution in [0.3, 0.4) is 0 Å². The van der Waals surface area contributed by atoms with Crippen molar-refractivity contribution in [2.24, 2.45) is 4.99 Å². The predicted molar refractivity (Wildman–Crippen MR) is 109 cm³/mol. The Morgan fingerprint density at radius 3 is 2.62 bits per heavy atom. The van der Waals surface area contributed by atoms with Crippen LogP contribution in [0.15, 0.2) is 53.2 Å². The van der Waals surface area contributed by atoms with Crippen molar-refractivity contribution in [2.45, 2.75) is 50.5 Å². The second-order valence-corrected chi connectivity index (χ2v) is 8.06. The fourth-order valence-corrected chi connectivity index (χ4v) is 4.32. The number of benzene rings is 1. The monoisotopic (exact) mass is 414 g/mol. The van der Waals surface area contributed by atoms with Crippen molar-refractivity contribution < 1.29 is 55.8 Å². The van der Waals surface area contributed by atoms with Gasteiger partial charge in [-0.15, -0.1) is 5.69 Å². The standard InChI is InChI=1S/C23H24FN4.K/c1-15-25-13-16(14-26-15)19-3-2-4-21-20(19)9-10-22(27-21)23(11-12-23)28-18-7-5-17(24)6-8-18;/h5-10,13,19H,2-4,11-12,14H2,1H3,(H,25,26);/q-1;+1. The molecule has 2 aromatic rings. The first-order chi connectivity index (χ1) is 13.6. The van der Waals surface area contributed by atoms with Crippen molar-refractivity contribution in [2.75, 3.05) is 6.54 Å². The van der Waals surface area contributed by atoms with Crippen LogP contribution in [-0.4, -0.2) is 17.4 Å². The minimum absolute atomic E-state index is 0. The van der Waals surface area contributed by atoms with Crippen LogP contribution in [0.2, 0.25) is 0 Å². The van der Waals surface area contributed by atoms with Gasteiger partial charge < -0.3 is 10.6 Å². The number of rotatable bonds is 4. The smallest absolute Gasteiger partial charge is 0.674 e. The molecule has 0 radical (unpaired) electrons. The van der Waals surface area contributed by atoms with Gasteiger partial charge in [-0.3, -0.25) is 9.98 Å². The topological polar surface area (TPSA) is 51.4 Å². The summed E-state index contributed by atoms with van der Waals surface area (Å²) in [5.41, 5.74) is 5.55. The van der Waals surface area contributed by atoms with Crippen molar-refractivity contribution in [3.05, 3.63) is 76.3 Å². The van der Waals surface area contributed by atoms with Crippen molar-refractivity contribution >= 4 is 11.5 Å². The van der Waals surface area contributed by atoms with Gasteiger partial charge in [0.05, 0.1) is 12.4 Å². The molecule has 0 spiro atoms. The third kappa shape index (κ3) is 4.37. The fourth-order valence-electron chi connectivity index (χ4n) is 4.32. The molecule has 1 aliphatic heterocycles. The summed E-state index contributed by atoms with van der Waals surface area (Å²) in [6, 6.07) is 10.8. The van der Waals surface area contributed by atoms with E-state index in [0.717, 1.165) is 55.9 Å². The van der Waals surface area contributed by atoms with E-state index in [0.29, 0.717) is 5.92 Å². The summed E-state index contributed by atoms with van der Waals surface area (Å²) in [6.07, 6.45) is 7.46. The Hall–Kier alpha value is -1.05. The summed E-state index contributed by atoms with van der Waals surface area (Å²) in [6.45, 7) is 2.77. The first-order valence-corrected chi connectivity index (χ1v) is 10.1. The summed E-state index contributed by atoms with van der Waals surface area (Å²) in [5.74, 6) is 1.15. The third-order valence-electron chi connectivity index (χ3n) is 6.07. The number of aliphatic imine (C=N–C) groups is 1. The quantitative estimate of drug-likeness (QED) is 0.781. The number of hydrogen-bond donors (Lipinski definition) is 1. The Morgan fingerprint density at radius 1 is 1.14 bits per heavy atom. The molecule has 1 saturated carbocycles. The van der Waals surface area contributed by atoms with E-state index < -0.39 is 0 Å². The van der Waals surface area contributed by atoms with Gasteiger partial charge in [0.25, 0.3) is 0 Å². The summed E-state index contributed by atoms with van der Waals surface area (Å²) in [5, 5.41) is 8.17. The summed E-state index contributed by atoms with van der Waals surface area (Å²) in [7, 11) is 0. The average molecular weight is 415 g/mol. The van der Waals surface area contributed by atoms with Gasteiger partial charge in [-0.2, -0.15) is 0 Å². The largest absolute Gasteiger partial charge is 1.00 e. The first-order valence-electron chi connectivity index (χ1n) is 10.1. The maximum atomic E-state index is 13.2. The molecule has 1 aromatic carbocycles. The van der Waals surface area contributed by atoms with E-state index in [2.05, 4.69) is 28.6 Å². The molecule has 2 aliphatic carbocycles. The molecule has 1 N–H and O–H groups in total. The Labute approximate surface area is 213 Å². The van der Waals surface area contributed by atoms with Crippen LogP contribution in [0.25, 0.3) is 5.32 Å². The fraction of sp³-hybridized carbons (Fsp3) is 0.391. The summed E-state index contributed by atoms with van der Waals surface area (Å²) >= 11 is 0. The van der Waals surface area contributed by atoms with Gasteiger partial charge in [-0.05, 0) is 55.5 Å². The van der Waals surface area contributed by atoms with Gasteiger partial charge in [0.15, 0.2) is 0 Å². The second kappa shape index (κ2) is 8.59. The number of nitrogens with one attached hydrogen (secondary N) is 1. The van der Waals surface area contributed by atoms with Crippen LogP contribution in [0.1, 0.15) is 55.5 Å². The third-order valence-corrected chi connectivity index (χ3v) is 6.07. The van der Waals surface area contributed by atoms with Gasteiger partial charge in [0.2, 0.25) is 0 Å². The maximum Gasteiger partial charge on any atom is 1.00 e. The van der Waals surface area contributed by atoms with E-state index >= 15 is 0 Å². The molecule has 144 valence electrons. The molecule has 0 amide bonds. The number of amidine groups is 1. The molecule has 0 bridgehead atoms. The molecule has 3 aliphatic rings. The molecule has 1 fully saturated rings. The number of aromatic nitrogens is 1. The van der Waals surface area contributed by atoms with Crippen LogP contribution in [-0.2, 0) is 12.0 Å². The molecule has 4 nitrogen and oxygen atoms in total. The number of pyridine rings is 1. The number of nitrogens with zero attached hydrogens (tertiary/aromatic N) is 3. The Kier molecular flexibility index (Phi) is 6.28. The van der Waals surface area contributed by atoms with E-state index in [1.807, 2.05) is 6.92 Å². The van der Waals surface area contributed by atoms with Gasteiger partial charge in [0, 0.05) is 23.5 Å². The molecule has 29 heavy (non-hydrogen) atoms. The Balaban J connectivity index is 0.00000205. The van der Waals surface area contributed by atoms with Crippen LogP contribution < -0.4 is 56.7 Å². The van der Waals surface area contributed by atoms with Crippen molar-refractivity contribution in [3.63, 3.8) is 0 Å². The first kappa shape index (κ1) is 21.2. The molecular formula is C23H24FKN4. The van der Waals surface area contributed by atoms with E-state index in [4.69, 9.17) is 10.3 Å². The van der Waals surface area contributed by atoms with Crippen LogP contribution in [0.5, 0.6) is 0 Å². The molecule has 5 rings (SSSR count). The molecule has 1 unspecified atom stereocenters. The summed E-state index contributed by atoms with van der Waals surface area (Å²) < 4.78 is 13.2. The summed E-state index contributed by atoms with van der Waals surface area (Å²) in [4.78, 5) is 9.62. The minimum atomic E-state index is -0.229. The average Bonchev–Trinajstić information content (AvgIpc) is 3.50. The van der Waals surface area contributed by atoms with E-state index in [9.17, 15) is 4.39 Å². The predicted octanol–water partition coefficient (Wildman–Crippen LogP) is 2.24. The number of aryl methyl sites for hydroxylation is 1. The zero-order valence-electron chi connectivity index (χ0n) is 17.1. The SMILES string of the molecule is CC1=NCC(C2CCCc3nc(C4([N-]c5ccc(F)cc5)CC4)ccc32)=CN1.[K+]. The molecule has 2 heterocycles. The maximum absolute atomic E-state index is 13.2. The van der Waals surface area contributed by atoms with Gasteiger partial charge >= 0.3 is 51.4 Å². The van der Waals surface area contributed by atoms with Crippen molar-refractivity contribution in [3.8, 4) is 0 Å². The zero-order valence-corrected chi connectivity index (χ0v) is 20.2. The Morgan fingerprint density at radius 2 is 1.93 bits per heavy atom. The molecule has 0 saturated heterocycles. The van der Waals surface area contributed by atoms with E-state index in [-0.39, 0.29) is 62.7 Å². The number of fused-ring (bicyclic) bond motifs is 1. The van der Waals surface area contributed by atoms with Crippen LogP contribution >= 0.6 is 0 Å². The molecular weight excluding hydrogens is 390 g/mol. The van der Waals surface area contributed by atoms with Gasteiger partial charge in [0.1, 0.15) is 5.82 Å². The molecule has 1 aromatic heterocycles. The second-order valence-electron chi connectivity index (χ2n) is 8.06. The Bertz CT molecular complexity index is 963. The number of halogens is 1. The van der Waals surface area contributed by atoms with Crippen LogP contribution in [0.4, 0.5) is 10.1 Å². The van der Waals surface area contributed by atoms with Crippen molar-refractivity contribution in [1.82, 2.24) is 10.3 Å². The number of hydrogen-bond acceptors (Lipinski definition) is 3. The minimum Gasteiger partial charge on any atom is -0.674 e. The van der Waals surface area contributed by atoms with E-state index in [1.54, 1.807) is 12.1 Å². The van der Waals surface area contributed by atoms with Crippen LogP contribution in [0, 0.1) is 5.82 Å². The van der Waals surface area contributed by atoms with Gasteiger partial charge in [-0.25, -0.2) is 4.39 Å². The van der Waals surface area contributed by atoms with Crippen molar-refractivity contribution in [1.29, 1.82) is 0 Å².